The highest BCUT2D eigenvalue weighted by molar-refractivity contribution is 5.85. The van der Waals surface area contributed by atoms with E-state index in [1.807, 2.05) is 0 Å². The van der Waals surface area contributed by atoms with Gasteiger partial charge in [0.1, 0.15) is 6.10 Å². The van der Waals surface area contributed by atoms with Gasteiger partial charge < -0.3 is 15.4 Å². The molecular formula is C16H23ClN2O2. The minimum absolute atomic E-state index is 0. The van der Waals surface area contributed by atoms with Crippen LogP contribution in [0, 0.1) is 0 Å². The highest BCUT2D eigenvalue weighted by Crippen LogP contribution is 2.30. The molecule has 116 valence electrons. The number of carbonyl (C=O) groups excluding carboxylic acids is 1. The van der Waals surface area contributed by atoms with Crippen molar-refractivity contribution in [3.63, 3.8) is 0 Å². The first-order valence-corrected chi connectivity index (χ1v) is 7.52. The summed E-state index contributed by atoms with van der Waals surface area (Å²) < 4.78 is 5.47. The second-order valence-corrected chi connectivity index (χ2v) is 5.60. The number of ether oxygens (including phenoxy) is 1. The number of fused-ring (bicyclic) bond motifs is 1. The Morgan fingerprint density at radius 2 is 2.24 bits per heavy atom. The minimum atomic E-state index is -0.331. The van der Waals surface area contributed by atoms with Gasteiger partial charge in [0, 0.05) is 25.6 Å². The summed E-state index contributed by atoms with van der Waals surface area (Å²) in [6.45, 7) is 2.78. The Morgan fingerprint density at radius 1 is 1.38 bits per heavy atom. The molecule has 0 radical (unpaired) electrons. The molecule has 2 unspecified atom stereocenters. The summed E-state index contributed by atoms with van der Waals surface area (Å²) >= 11 is 0. The molecule has 2 atom stereocenters. The number of aryl methyl sites for hydroxylation is 1. The van der Waals surface area contributed by atoms with Crippen LogP contribution in [-0.2, 0) is 16.0 Å². The maximum atomic E-state index is 12.1. The fraction of sp³-hybridized carbons (Fsp3) is 0.562. The SMILES string of the molecule is Cl.O=C(NCC1CCCc2ccccc21)C1CNCCO1. The molecule has 1 aromatic carbocycles. The fourth-order valence-corrected chi connectivity index (χ4v) is 3.14. The minimum Gasteiger partial charge on any atom is -0.366 e. The Bertz CT molecular complexity index is 475. The van der Waals surface area contributed by atoms with Crippen molar-refractivity contribution in [3.05, 3.63) is 35.4 Å². The highest BCUT2D eigenvalue weighted by Gasteiger charge is 2.24. The van der Waals surface area contributed by atoms with Gasteiger partial charge in [0.25, 0.3) is 0 Å². The molecule has 5 heteroatoms. The first kappa shape index (κ1) is 16.3. The number of rotatable bonds is 3. The first-order chi connectivity index (χ1) is 9.84. The number of benzene rings is 1. The number of amides is 1. The predicted molar refractivity (Wildman–Crippen MR) is 85.0 cm³/mol. The van der Waals surface area contributed by atoms with Crippen LogP contribution in [-0.4, -0.2) is 38.3 Å². The first-order valence-electron chi connectivity index (χ1n) is 7.52. The van der Waals surface area contributed by atoms with Gasteiger partial charge in [0.05, 0.1) is 6.61 Å². The van der Waals surface area contributed by atoms with E-state index in [2.05, 4.69) is 34.9 Å². The van der Waals surface area contributed by atoms with E-state index < -0.39 is 0 Å². The smallest absolute Gasteiger partial charge is 0.250 e. The molecule has 1 aliphatic carbocycles. The van der Waals surface area contributed by atoms with E-state index in [4.69, 9.17) is 4.74 Å². The van der Waals surface area contributed by atoms with Crippen LogP contribution in [0.4, 0.5) is 0 Å². The second kappa shape index (κ2) is 7.78. The van der Waals surface area contributed by atoms with Crippen LogP contribution in [0.5, 0.6) is 0 Å². The molecule has 0 saturated carbocycles. The van der Waals surface area contributed by atoms with Crippen LogP contribution in [0.3, 0.4) is 0 Å². The Kier molecular flexibility index (Phi) is 6.03. The van der Waals surface area contributed by atoms with Crippen LogP contribution in [0.2, 0.25) is 0 Å². The largest absolute Gasteiger partial charge is 0.366 e. The zero-order valence-corrected chi connectivity index (χ0v) is 13.0. The van der Waals surface area contributed by atoms with Crippen molar-refractivity contribution in [3.8, 4) is 0 Å². The Labute approximate surface area is 132 Å². The Hall–Kier alpha value is -1.10. The zero-order valence-electron chi connectivity index (χ0n) is 12.1. The zero-order chi connectivity index (χ0) is 13.8. The molecule has 3 rings (SSSR count). The van der Waals surface area contributed by atoms with Gasteiger partial charge in [-0.25, -0.2) is 0 Å². The maximum absolute atomic E-state index is 12.1. The number of carbonyl (C=O) groups is 1. The number of hydrogen-bond acceptors (Lipinski definition) is 3. The molecule has 1 saturated heterocycles. The van der Waals surface area contributed by atoms with E-state index in [9.17, 15) is 4.79 Å². The number of hydrogen-bond donors (Lipinski definition) is 2. The third-order valence-electron chi connectivity index (χ3n) is 4.24. The van der Waals surface area contributed by atoms with Crippen molar-refractivity contribution in [2.24, 2.45) is 0 Å². The third kappa shape index (κ3) is 3.96. The Balaban J connectivity index is 0.00000161. The fourth-order valence-electron chi connectivity index (χ4n) is 3.14. The predicted octanol–water partition coefficient (Wildman–Crippen LogP) is 1.63. The van der Waals surface area contributed by atoms with Gasteiger partial charge in [-0.15, -0.1) is 12.4 Å². The molecule has 1 fully saturated rings. The van der Waals surface area contributed by atoms with Crippen LogP contribution >= 0.6 is 12.4 Å². The van der Waals surface area contributed by atoms with Crippen LogP contribution in [0.25, 0.3) is 0 Å². The summed E-state index contributed by atoms with van der Waals surface area (Å²) in [5.41, 5.74) is 2.84. The lowest BCUT2D eigenvalue weighted by molar-refractivity contribution is -0.134. The normalized spacial score (nSPS) is 24.6. The van der Waals surface area contributed by atoms with Crippen LogP contribution in [0.1, 0.15) is 29.9 Å². The van der Waals surface area contributed by atoms with E-state index in [1.165, 1.54) is 17.5 Å². The van der Waals surface area contributed by atoms with Crippen LogP contribution < -0.4 is 10.6 Å². The molecule has 1 amide bonds. The van der Waals surface area contributed by atoms with Crippen LogP contribution in [0.15, 0.2) is 24.3 Å². The number of halogens is 1. The van der Waals surface area contributed by atoms with Gasteiger partial charge in [-0.3, -0.25) is 4.79 Å². The summed E-state index contributed by atoms with van der Waals surface area (Å²) in [7, 11) is 0. The van der Waals surface area contributed by atoms with Gasteiger partial charge in [0.2, 0.25) is 5.91 Å². The topological polar surface area (TPSA) is 50.4 Å². The van der Waals surface area contributed by atoms with E-state index >= 15 is 0 Å². The summed E-state index contributed by atoms with van der Waals surface area (Å²) in [5.74, 6) is 0.459. The summed E-state index contributed by atoms with van der Waals surface area (Å²) in [5, 5.41) is 6.24. The summed E-state index contributed by atoms with van der Waals surface area (Å²) in [6.07, 6.45) is 3.19. The number of nitrogens with one attached hydrogen (secondary N) is 2. The molecule has 1 heterocycles. The van der Waals surface area contributed by atoms with E-state index in [1.54, 1.807) is 0 Å². The monoisotopic (exact) mass is 310 g/mol. The second-order valence-electron chi connectivity index (χ2n) is 5.60. The molecule has 0 aromatic heterocycles. The van der Waals surface area contributed by atoms with Gasteiger partial charge >= 0.3 is 0 Å². The summed E-state index contributed by atoms with van der Waals surface area (Å²) in [4.78, 5) is 12.1. The Morgan fingerprint density at radius 3 is 3.05 bits per heavy atom. The molecule has 0 bridgehead atoms. The molecule has 21 heavy (non-hydrogen) atoms. The highest BCUT2D eigenvalue weighted by atomic mass is 35.5. The third-order valence-corrected chi connectivity index (χ3v) is 4.24. The van der Waals surface area contributed by atoms with Crippen molar-refractivity contribution >= 4 is 18.3 Å². The average molecular weight is 311 g/mol. The average Bonchev–Trinajstić information content (AvgIpc) is 2.53. The van der Waals surface area contributed by atoms with Gasteiger partial charge in [0.15, 0.2) is 0 Å². The molecule has 0 spiro atoms. The lowest BCUT2D eigenvalue weighted by Crippen LogP contribution is -2.48. The lowest BCUT2D eigenvalue weighted by Gasteiger charge is -2.27. The number of morpholine rings is 1. The maximum Gasteiger partial charge on any atom is 0.250 e. The van der Waals surface area contributed by atoms with Crippen molar-refractivity contribution in [1.82, 2.24) is 10.6 Å². The lowest BCUT2D eigenvalue weighted by atomic mass is 9.83. The van der Waals surface area contributed by atoms with Crippen molar-refractivity contribution in [2.45, 2.75) is 31.3 Å². The van der Waals surface area contributed by atoms with Crippen molar-refractivity contribution in [2.75, 3.05) is 26.2 Å². The quantitative estimate of drug-likeness (QED) is 0.892. The van der Waals surface area contributed by atoms with Crippen molar-refractivity contribution in [1.29, 1.82) is 0 Å². The van der Waals surface area contributed by atoms with E-state index in [-0.39, 0.29) is 24.4 Å². The molecular weight excluding hydrogens is 288 g/mol. The van der Waals surface area contributed by atoms with E-state index in [0.29, 0.717) is 19.1 Å². The molecule has 1 aliphatic heterocycles. The molecule has 1 aromatic rings. The standard InChI is InChI=1S/C16H22N2O2.ClH/c19-16(15-11-17-8-9-20-15)18-10-13-6-3-5-12-4-1-2-7-14(12)13;/h1-2,4,7,13,15,17H,3,5-6,8-11H2,(H,18,19);1H. The van der Waals surface area contributed by atoms with Crippen molar-refractivity contribution < 1.29 is 9.53 Å². The van der Waals surface area contributed by atoms with Gasteiger partial charge in [-0.2, -0.15) is 0 Å². The molecule has 2 N–H and O–H groups in total. The summed E-state index contributed by atoms with van der Waals surface area (Å²) in [6, 6.07) is 8.59. The molecule has 4 nitrogen and oxygen atoms in total. The van der Waals surface area contributed by atoms with E-state index in [0.717, 1.165) is 25.9 Å². The van der Waals surface area contributed by atoms with Gasteiger partial charge in [-0.05, 0) is 30.4 Å². The molecule has 2 aliphatic rings. The van der Waals surface area contributed by atoms with Gasteiger partial charge in [-0.1, -0.05) is 24.3 Å².